The highest BCUT2D eigenvalue weighted by Gasteiger charge is 2.42. The molecule has 1 heterocycles. The summed E-state index contributed by atoms with van der Waals surface area (Å²) in [7, 11) is 1.58. The quantitative estimate of drug-likeness (QED) is 0.813. The third kappa shape index (κ3) is 2.84. The molecule has 1 aliphatic rings. The molecule has 1 aliphatic heterocycles. The number of methoxy groups -OCH3 is 1. The summed E-state index contributed by atoms with van der Waals surface area (Å²) in [5.74, 6) is 0.120. The zero-order chi connectivity index (χ0) is 16.4. The molecule has 2 amide bonds. The Balaban J connectivity index is 1.84. The first-order valence-electron chi connectivity index (χ1n) is 7.67. The van der Waals surface area contributed by atoms with Crippen molar-refractivity contribution in [3.05, 3.63) is 60.2 Å². The van der Waals surface area contributed by atoms with Gasteiger partial charge < -0.3 is 4.74 Å². The standard InChI is InChI=1S/C19H19NO3/c1-13(14-6-4-3-5-7-14)17-12-18(21)20(19(17)22)15-8-10-16(23-2)11-9-15/h3-11,13,17H,12H2,1-2H3/t13-,17+/m1/s1. The van der Waals surface area contributed by atoms with Crippen LogP contribution in [-0.4, -0.2) is 18.9 Å². The lowest BCUT2D eigenvalue weighted by molar-refractivity contribution is -0.122. The first-order chi connectivity index (χ1) is 11.1. The highest BCUT2D eigenvalue weighted by atomic mass is 16.5. The molecule has 118 valence electrons. The molecule has 3 rings (SSSR count). The number of anilines is 1. The van der Waals surface area contributed by atoms with Crippen LogP contribution in [0.5, 0.6) is 5.75 Å². The van der Waals surface area contributed by atoms with E-state index < -0.39 is 0 Å². The Morgan fingerprint density at radius 3 is 2.30 bits per heavy atom. The van der Waals surface area contributed by atoms with Crippen LogP contribution in [0.2, 0.25) is 0 Å². The van der Waals surface area contributed by atoms with Crippen molar-refractivity contribution in [2.75, 3.05) is 12.0 Å². The Labute approximate surface area is 135 Å². The molecule has 0 N–H and O–H groups in total. The summed E-state index contributed by atoms with van der Waals surface area (Å²) < 4.78 is 5.11. The number of nitrogens with zero attached hydrogens (tertiary/aromatic N) is 1. The second-order valence-electron chi connectivity index (χ2n) is 5.78. The monoisotopic (exact) mass is 309 g/mol. The van der Waals surface area contributed by atoms with Gasteiger partial charge in [0.2, 0.25) is 11.8 Å². The number of amides is 2. The summed E-state index contributed by atoms with van der Waals surface area (Å²) >= 11 is 0. The van der Waals surface area contributed by atoms with E-state index in [1.165, 1.54) is 4.90 Å². The van der Waals surface area contributed by atoms with Gasteiger partial charge in [0.15, 0.2) is 0 Å². The van der Waals surface area contributed by atoms with Crippen LogP contribution in [0, 0.1) is 5.92 Å². The molecule has 1 saturated heterocycles. The molecule has 0 aromatic heterocycles. The van der Waals surface area contributed by atoms with Crippen LogP contribution in [0.15, 0.2) is 54.6 Å². The van der Waals surface area contributed by atoms with Gasteiger partial charge in [-0.25, -0.2) is 0 Å². The number of carbonyl (C=O) groups is 2. The normalized spacial score (nSPS) is 19.0. The fraction of sp³-hybridized carbons (Fsp3) is 0.263. The zero-order valence-electron chi connectivity index (χ0n) is 13.2. The molecule has 2 aromatic rings. The molecule has 0 saturated carbocycles. The topological polar surface area (TPSA) is 46.6 Å². The van der Waals surface area contributed by atoms with Gasteiger partial charge in [0.1, 0.15) is 5.75 Å². The Morgan fingerprint density at radius 2 is 1.70 bits per heavy atom. The van der Waals surface area contributed by atoms with Crippen molar-refractivity contribution in [3.8, 4) is 5.75 Å². The summed E-state index contributed by atoms with van der Waals surface area (Å²) in [5, 5.41) is 0. The summed E-state index contributed by atoms with van der Waals surface area (Å²) in [6.45, 7) is 2.00. The van der Waals surface area contributed by atoms with Crippen molar-refractivity contribution in [2.24, 2.45) is 5.92 Å². The van der Waals surface area contributed by atoms with Gasteiger partial charge in [-0.05, 0) is 35.7 Å². The minimum atomic E-state index is -0.313. The molecule has 0 spiro atoms. The molecule has 0 bridgehead atoms. The van der Waals surface area contributed by atoms with Gasteiger partial charge in [0.05, 0.1) is 18.7 Å². The lowest BCUT2D eigenvalue weighted by Crippen LogP contribution is -2.31. The van der Waals surface area contributed by atoms with Crippen LogP contribution >= 0.6 is 0 Å². The Hall–Kier alpha value is -2.62. The first kappa shape index (κ1) is 15.3. The molecule has 1 fully saturated rings. The maximum Gasteiger partial charge on any atom is 0.237 e. The van der Waals surface area contributed by atoms with Crippen LogP contribution < -0.4 is 9.64 Å². The average Bonchev–Trinajstić information content (AvgIpc) is 2.89. The number of benzene rings is 2. The van der Waals surface area contributed by atoms with Crippen molar-refractivity contribution >= 4 is 17.5 Å². The molecule has 0 radical (unpaired) electrons. The van der Waals surface area contributed by atoms with Crippen molar-refractivity contribution in [3.63, 3.8) is 0 Å². The molecule has 0 aliphatic carbocycles. The highest BCUT2D eigenvalue weighted by molar-refractivity contribution is 6.21. The third-order valence-corrected chi connectivity index (χ3v) is 4.44. The average molecular weight is 309 g/mol. The predicted molar refractivity (Wildman–Crippen MR) is 88.5 cm³/mol. The van der Waals surface area contributed by atoms with Crippen LogP contribution in [-0.2, 0) is 9.59 Å². The SMILES string of the molecule is COc1ccc(N2C(=O)C[C@@H]([C@H](C)c3ccccc3)C2=O)cc1. The van der Waals surface area contributed by atoms with E-state index in [4.69, 9.17) is 4.74 Å². The number of rotatable bonds is 4. The van der Waals surface area contributed by atoms with Gasteiger partial charge in [-0.15, -0.1) is 0 Å². The van der Waals surface area contributed by atoms with E-state index in [0.29, 0.717) is 11.4 Å². The van der Waals surface area contributed by atoms with E-state index in [-0.39, 0.29) is 30.1 Å². The largest absolute Gasteiger partial charge is 0.497 e. The molecule has 4 heteroatoms. The van der Waals surface area contributed by atoms with Gasteiger partial charge in [-0.2, -0.15) is 0 Å². The number of hydrogen-bond donors (Lipinski definition) is 0. The Kier molecular flexibility index (Phi) is 4.15. The maximum atomic E-state index is 12.8. The number of hydrogen-bond acceptors (Lipinski definition) is 3. The maximum absolute atomic E-state index is 12.8. The van der Waals surface area contributed by atoms with E-state index in [1.54, 1.807) is 31.4 Å². The van der Waals surface area contributed by atoms with Gasteiger partial charge in [-0.1, -0.05) is 37.3 Å². The van der Waals surface area contributed by atoms with Crippen molar-refractivity contribution in [1.82, 2.24) is 0 Å². The van der Waals surface area contributed by atoms with Gasteiger partial charge in [0, 0.05) is 6.42 Å². The fourth-order valence-electron chi connectivity index (χ4n) is 3.04. The van der Waals surface area contributed by atoms with Gasteiger partial charge >= 0.3 is 0 Å². The van der Waals surface area contributed by atoms with E-state index in [0.717, 1.165) is 5.56 Å². The summed E-state index contributed by atoms with van der Waals surface area (Å²) in [6.07, 6.45) is 0.251. The van der Waals surface area contributed by atoms with Crippen molar-refractivity contribution in [1.29, 1.82) is 0 Å². The number of ether oxygens (including phenoxy) is 1. The van der Waals surface area contributed by atoms with Crippen LogP contribution in [0.1, 0.15) is 24.8 Å². The second-order valence-corrected chi connectivity index (χ2v) is 5.78. The molecule has 23 heavy (non-hydrogen) atoms. The van der Waals surface area contributed by atoms with Crippen molar-refractivity contribution < 1.29 is 14.3 Å². The fourth-order valence-corrected chi connectivity index (χ4v) is 3.04. The first-order valence-corrected chi connectivity index (χ1v) is 7.67. The highest BCUT2D eigenvalue weighted by Crippen LogP contribution is 2.36. The van der Waals surface area contributed by atoms with Gasteiger partial charge in [-0.3, -0.25) is 14.5 Å². The van der Waals surface area contributed by atoms with Crippen LogP contribution in [0.4, 0.5) is 5.69 Å². The minimum absolute atomic E-state index is 0.0101. The zero-order valence-corrected chi connectivity index (χ0v) is 13.2. The van der Waals surface area contributed by atoms with Crippen LogP contribution in [0.25, 0.3) is 0 Å². The molecule has 2 aromatic carbocycles. The molecular formula is C19H19NO3. The molecule has 4 nitrogen and oxygen atoms in total. The smallest absolute Gasteiger partial charge is 0.237 e. The minimum Gasteiger partial charge on any atom is -0.497 e. The Bertz CT molecular complexity index is 709. The third-order valence-electron chi connectivity index (χ3n) is 4.44. The molecular weight excluding hydrogens is 290 g/mol. The second kappa shape index (κ2) is 6.24. The number of imide groups is 1. The molecule has 2 atom stereocenters. The van der Waals surface area contributed by atoms with Gasteiger partial charge in [0.25, 0.3) is 0 Å². The van der Waals surface area contributed by atoms with Crippen LogP contribution in [0.3, 0.4) is 0 Å². The summed E-state index contributed by atoms with van der Waals surface area (Å²) in [5.41, 5.74) is 1.68. The lowest BCUT2D eigenvalue weighted by Gasteiger charge is -2.19. The van der Waals surface area contributed by atoms with E-state index in [2.05, 4.69) is 0 Å². The van der Waals surface area contributed by atoms with E-state index in [1.807, 2.05) is 37.3 Å². The Morgan fingerprint density at radius 1 is 1.04 bits per heavy atom. The number of carbonyl (C=O) groups excluding carboxylic acids is 2. The lowest BCUT2D eigenvalue weighted by atomic mass is 9.86. The van der Waals surface area contributed by atoms with E-state index in [9.17, 15) is 9.59 Å². The predicted octanol–water partition coefficient (Wildman–Crippen LogP) is 3.38. The van der Waals surface area contributed by atoms with Crippen molar-refractivity contribution in [2.45, 2.75) is 19.3 Å². The molecule has 0 unspecified atom stereocenters. The van der Waals surface area contributed by atoms with E-state index >= 15 is 0 Å². The summed E-state index contributed by atoms with van der Waals surface area (Å²) in [6, 6.07) is 16.8. The summed E-state index contributed by atoms with van der Waals surface area (Å²) in [4.78, 5) is 26.4.